The number of carboxylic acids is 1. The van der Waals surface area contributed by atoms with E-state index in [-0.39, 0.29) is 23.7 Å². The summed E-state index contributed by atoms with van der Waals surface area (Å²) in [4.78, 5) is 27.7. The van der Waals surface area contributed by atoms with Gasteiger partial charge in [-0.15, -0.1) is 0 Å². The normalized spacial score (nSPS) is 20.6. The molecule has 23 heavy (non-hydrogen) atoms. The SMILES string of the molecule is Cc1nc2cc(F)ccc2cc1C(=O)N[C@@H]1CC[C@H](C(=O)O)C1. The van der Waals surface area contributed by atoms with E-state index in [0.717, 1.165) is 0 Å². The first-order chi connectivity index (χ1) is 10.9. The Kier molecular flexibility index (Phi) is 3.98. The summed E-state index contributed by atoms with van der Waals surface area (Å²) in [5, 5.41) is 12.6. The summed E-state index contributed by atoms with van der Waals surface area (Å²) >= 11 is 0. The summed E-state index contributed by atoms with van der Waals surface area (Å²) in [6.07, 6.45) is 1.69. The van der Waals surface area contributed by atoms with Gasteiger partial charge in [0.15, 0.2) is 0 Å². The number of aryl methyl sites for hydroxylation is 1. The molecule has 1 saturated carbocycles. The summed E-state index contributed by atoms with van der Waals surface area (Å²) < 4.78 is 13.2. The molecule has 1 fully saturated rings. The second-order valence-electron chi connectivity index (χ2n) is 5.98. The van der Waals surface area contributed by atoms with Crippen LogP contribution in [0.5, 0.6) is 0 Å². The first-order valence-electron chi connectivity index (χ1n) is 7.54. The average Bonchev–Trinajstić information content (AvgIpc) is 2.95. The Morgan fingerprint density at radius 2 is 2.09 bits per heavy atom. The lowest BCUT2D eigenvalue weighted by Gasteiger charge is -2.14. The van der Waals surface area contributed by atoms with E-state index in [1.54, 1.807) is 19.1 Å². The van der Waals surface area contributed by atoms with Gasteiger partial charge in [-0.3, -0.25) is 14.6 Å². The van der Waals surface area contributed by atoms with Crippen LogP contribution in [0.25, 0.3) is 10.9 Å². The van der Waals surface area contributed by atoms with Crippen molar-refractivity contribution in [3.8, 4) is 0 Å². The molecule has 0 spiro atoms. The van der Waals surface area contributed by atoms with E-state index < -0.39 is 5.97 Å². The summed E-state index contributed by atoms with van der Waals surface area (Å²) in [5.41, 5.74) is 1.46. The van der Waals surface area contributed by atoms with E-state index in [1.165, 1.54) is 12.1 Å². The van der Waals surface area contributed by atoms with Gasteiger partial charge in [0.1, 0.15) is 5.82 Å². The number of nitrogens with zero attached hydrogens (tertiary/aromatic N) is 1. The minimum atomic E-state index is -0.813. The number of benzene rings is 1. The van der Waals surface area contributed by atoms with Crippen molar-refractivity contribution < 1.29 is 19.1 Å². The van der Waals surface area contributed by atoms with Crippen LogP contribution in [-0.4, -0.2) is 28.0 Å². The van der Waals surface area contributed by atoms with Gasteiger partial charge in [-0.2, -0.15) is 0 Å². The van der Waals surface area contributed by atoms with Crippen LogP contribution in [0.4, 0.5) is 4.39 Å². The quantitative estimate of drug-likeness (QED) is 0.912. The Morgan fingerprint density at radius 3 is 2.78 bits per heavy atom. The van der Waals surface area contributed by atoms with E-state index in [1.807, 2.05) is 0 Å². The van der Waals surface area contributed by atoms with Gasteiger partial charge in [0.05, 0.1) is 22.7 Å². The fourth-order valence-electron chi connectivity index (χ4n) is 3.07. The average molecular weight is 316 g/mol. The molecule has 1 aromatic heterocycles. The number of fused-ring (bicyclic) bond motifs is 1. The molecule has 0 saturated heterocycles. The van der Waals surface area contributed by atoms with E-state index in [4.69, 9.17) is 5.11 Å². The van der Waals surface area contributed by atoms with Gasteiger partial charge in [0, 0.05) is 17.5 Å². The highest BCUT2D eigenvalue weighted by atomic mass is 19.1. The number of halogens is 1. The number of aliphatic carboxylic acids is 1. The minimum Gasteiger partial charge on any atom is -0.481 e. The predicted octanol–water partition coefficient (Wildman–Crippen LogP) is 2.67. The molecular weight excluding hydrogens is 299 g/mol. The maximum absolute atomic E-state index is 13.2. The third kappa shape index (κ3) is 3.16. The molecule has 6 heteroatoms. The molecule has 2 N–H and O–H groups in total. The third-order valence-corrected chi connectivity index (χ3v) is 4.33. The van der Waals surface area contributed by atoms with Gasteiger partial charge in [0.25, 0.3) is 5.91 Å². The van der Waals surface area contributed by atoms with Gasteiger partial charge >= 0.3 is 5.97 Å². The van der Waals surface area contributed by atoms with Crippen molar-refractivity contribution in [3.05, 3.63) is 41.3 Å². The van der Waals surface area contributed by atoms with E-state index in [2.05, 4.69) is 10.3 Å². The van der Waals surface area contributed by atoms with Crippen LogP contribution in [-0.2, 0) is 4.79 Å². The predicted molar refractivity (Wildman–Crippen MR) is 82.7 cm³/mol. The summed E-state index contributed by atoms with van der Waals surface area (Å²) in [5.74, 6) is -1.84. The van der Waals surface area contributed by atoms with Crippen LogP contribution in [0, 0.1) is 18.7 Å². The fourth-order valence-corrected chi connectivity index (χ4v) is 3.07. The second kappa shape index (κ2) is 5.95. The monoisotopic (exact) mass is 316 g/mol. The molecule has 0 aliphatic heterocycles. The maximum Gasteiger partial charge on any atom is 0.306 e. The molecule has 1 heterocycles. The first-order valence-corrected chi connectivity index (χ1v) is 7.54. The van der Waals surface area contributed by atoms with Crippen LogP contribution < -0.4 is 5.32 Å². The zero-order valence-corrected chi connectivity index (χ0v) is 12.7. The van der Waals surface area contributed by atoms with Gasteiger partial charge in [-0.1, -0.05) is 0 Å². The molecule has 120 valence electrons. The molecule has 1 amide bonds. The fraction of sp³-hybridized carbons (Fsp3) is 0.353. The molecule has 1 aliphatic carbocycles. The second-order valence-corrected chi connectivity index (χ2v) is 5.98. The number of amides is 1. The summed E-state index contributed by atoms with van der Waals surface area (Å²) in [6.45, 7) is 1.70. The third-order valence-electron chi connectivity index (χ3n) is 4.33. The van der Waals surface area contributed by atoms with Crippen LogP contribution in [0.15, 0.2) is 24.3 Å². The Balaban J connectivity index is 1.80. The number of carbonyl (C=O) groups is 2. The molecule has 5 nitrogen and oxygen atoms in total. The molecule has 3 rings (SSSR count). The smallest absolute Gasteiger partial charge is 0.306 e. The van der Waals surface area contributed by atoms with Gasteiger partial charge in [-0.05, 0) is 44.4 Å². The molecule has 0 radical (unpaired) electrons. The highest BCUT2D eigenvalue weighted by molar-refractivity contribution is 5.98. The number of hydrogen-bond acceptors (Lipinski definition) is 3. The zero-order valence-electron chi connectivity index (χ0n) is 12.7. The highest BCUT2D eigenvalue weighted by Crippen LogP contribution is 2.26. The number of rotatable bonds is 3. The van der Waals surface area contributed by atoms with Crippen molar-refractivity contribution >= 4 is 22.8 Å². The number of carboxylic acid groups (broad SMARTS) is 1. The molecule has 2 atom stereocenters. The lowest BCUT2D eigenvalue weighted by atomic mass is 10.1. The largest absolute Gasteiger partial charge is 0.481 e. The number of hydrogen-bond donors (Lipinski definition) is 2. The van der Waals surface area contributed by atoms with Gasteiger partial charge in [0.2, 0.25) is 0 Å². The van der Waals surface area contributed by atoms with E-state index >= 15 is 0 Å². The number of pyridine rings is 1. The van der Waals surface area contributed by atoms with Crippen molar-refractivity contribution in [3.63, 3.8) is 0 Å². The number of carbonyl (C=O) groups excluding carboxylic acids is 1. The van der Waals surface area contributed by atoms with Crippen LogP contribution >= 0.6 is 0 Å². The molecule has 1 aromatic carbocycles. The summed E-state index contributed by atoms with van der Waals surface area (Å²) in [6, 6.07) is 5.81. The Bertz CT molecular complexity index is 791. The van der Waals surface area contributed by atoms with Crippen molar-refractivity contribution in [1.82, 2.24) is 10.3 Å². The topological polar surface area (TPSA) is 79.3 Å². The highest BCUT2D eigenvalue weighted by Gasteiger charge is 2.31. The first kappa shape index (κ1) is 15.4. The minimum absolute atomic E-state index is 0.132. The van der Waals surface area contributed by atoms with E-state index in [0.29, 0.717) is 41.4 Å². The van der Waals surface area contributed by atoms with Gasteiger partial charge in [-0.25, -0.2) is 4.39 Å². The Labute approximate surface area is 132 Å². The number of aromatic nitrogens is 1. The van der Waals surface area contributed by atoms with Crippen LogP contribution in [0.1, 0.15) is 35.3 Å². The lowest BCUT2D eigenvalue weighted by Crippen LogP contribution is -2.33. The van der Waals surface area contributed by atoms with Crippen LogP contribution in [0.2, 0.25) is 0 Å². The van der Waals surface area contributed by atoms with Crippen molar-refractivity contribution in [2.24, 2.45) is 5.92 Å². The molecule has 0 unspecified atom stereocenters. The Morgan fingerprint density at radius 1 is 1.30 bits per heavy atom. The molecular formula is C17H17FN2O3. The van der Waals surface area contributed by atoms with Crippen molar-refractivity contribution in [2.45, 2.75) is 32.2 Å². The van der Waals surface area contributed by atoms with E-state index in [9.17, 15) is 14.0 Å². The van der Waals surface area contributed by atoms with Gasteiger partial charge < -0.3 is 10.4 Å². The van der Waals surface area contributed by atoms with Crippen molar-refractivity contribution in [2.75, 3.05) is 0 Å². The molecule has 2 aromatic rings. The standard InChI is InChI=1S/C17H17FN2O3/c1-9-14(7-10-2-4-12(18)8-15(10)19-9)16(21)20-13-5-3-11(6-13)17(22)23/h2,4,7-8,11,13H,3,5-6H2,1H3,(H,20,21)(H,22,23)/t11-,13+/m0/s1. The molecule has 0 bridgehead atoms. The molecule has 1 aliphatic rings. The lowest BCUT2D eigenvalue weighted by molar-refractivity contribution is -0.141. The Hall–Kier alpha value is -2.50. The zero-order chi connectivity index (χ0) is 16.6. The van der Waals surface area contributed by atoms with Crippen molar-refractivity contribution in [1.29, 1.82) is 0 Å². The summed E-state index contributed by atoms with van der Waals surface area (Å²) in [7, 11) is 0. The number of nitrogens with one attached hydrogen (secondary N) is 1. The van der Waals surface area contributed by atoms with Crippen LogP contribution in [0.3, 0.4) is 0 Å². The maximum atomic E-state index is 13.2.